The van der Waals surface area contributed by atoms with Crippen LogP contribution in [0, 0.1) is 0 Å². The van der Waals surface area contributed by atoms with E-state index in [0.29, 0.717) is 35.5 Å². The first kappa shape index (κ1) is 15.8. The number of carbonyl (C=O) groups is 1. The van der Waals surface area contributed by atoms with Crippen molar-refractivity contribution in [1.82, 2.24) is 15.6 Å². The van der Waals surface area contributed by atoms with Crippen LogP contribution in [0.15, 0.2) is 52.4 Å². The fourth-order valence-corrected chi connectivity index (χ4v) is 2.65. The minimum Gasteiger partial charge on any atom is -0.486 e. The lowest BCUT2D eigenvalue weighted by Crippen LogP contribution is -2.22. The lowest BCUT2D eigenvalue weighted by atomic mass is 10.1. The van der Waals surface area contributed by atoms with Crippen molar-refractivity contribution in [3.8, 4) is 11.5 Å². The van der Waals surface area contributed by atoms with Crippen LogP contribution in [0.25, 0.3) is 10.8 Å². The number of hydrogen-bond acceptors (Lipinski definition) is 6. The smallest absolute Gasteiger partial charge is 0.292 e. The molecule has 26 heavy (non-hydrogen) atoms. The van der Waals surface area contributed by atoms with E-state index in [1.54, 1.807) is 42.5 Å². The minimum absolute atomic E-state index is 0.0968. The predicted octanol–water partition coefficient (Wildman–Crippen LogP) is 1.46. The standard InChI is InChI=1S/C18H14N4O4/c23-17-13-4-2-1-3-12(13)16(20-22-17)18(24)21-19-10-11-5-6-14-15(9-11)26-8-7-25-14/h1-6,9-10H,7-8H2,(H,21,24)(H,22,23). The van der Waals surface area contributed by atoms with Crippen molar-refractivity contribution in [2.75, 3.05) is 13.2 Å². The summed E-state index contributed by atoms with van der Waals surface area (Å²) in [5.41, 5.74) is 2.90. The summed E-state index contributed by atoms with van der Waals surface area (Å²) in [6.45, 7) is 1.02. The lowest BCUT2D eigenvalue weighted by Gasteiger charge is -2.18. The third-order valence-electron chi connectivity index (χ3n) is 3.86. The van der Waals surface area contributed by atoms with E-state index in [-0.39, 0.29) is 11.3 Å². The maximum absolute atomic E-state index is 12.3. The monoisotopic (exact) mass is 350 g/mol. The molecule has 2 N–H and O–H groups in total. The molecule has 0 saturated heterocycles. The molecule has 4 rings (SSSR count). The number of nitrogens with one attached hydrogen (secondary N) is 2. The molecule has 0 aliphatic carbocycles. The highest BCUT2D eigenvalue weighted by Gasteiger charge is 2.13. The van der Waals surface area contributed by atoms with Gasteiger partial charge >= 0.3 is 0 Å². The van der Waals surface area contributed by atoms with Gasteiger partial charge in [-0.3, -0.25) is 9.59 Å². The highest BCUT2D eigenvalue weighted by molar-refractivity contribution is 6.04. The van der Waals surface area contributed by atoms with Crippen molar-refractivity contribution >= 4 is 22.9 Å². The van der Waals surface area contributed by atoms with Crippen LogP contribution in [0.2, 0.25) is 0 Å². The fraction of sp³-hybridized carbons (Fsp3) is 0.111. The Hall–Kier alpha value is -3.68. The van der Waals surface area contributed by atoms with Gasteiger partial charge in [-0.15, -0.1) is 0 Å². The van der Waals surface area contributed by atoms with Crippen molar-refractivity contribution in [3.63, 3.8) is 0 Å². The van der Waals surface area contributed by atoms with Crippen molar-refractivity contribution < 1.29 is 14.3 Å². The van der Waals surface area contributed by atoms with E-state index in [2.05, 4.69) is 20.7 Å². The number of hydrogen-bond donors (Lipinski definition) is 2. The number of fused-ring (bicyclic) bond motifs is 2. The second-order valence-corrected chi connectivity index (χ2v) is 5.55. The van der Waals surface area contributed by atoms with E-state index in [1.807, 2.05) is 0 Å². The first-order valence-electron chi connectivity index (χ1n) is 7.93. The zero-order chi connectivity index (χ0) is 17.9. The van der Waals surface area contributed by atoms with Gasteiger partial charge in [0.05, 0.1) is 11.6 Å². The van der Waals surface area contributed by atoms with Crippen LogP contribution in [-0.2, 0) is 0 Å². The largest absolute Gasteiger partial charge is 0.486 e. The molecule has 8 heteroatoms. The van der Waals surface area contributed by atoms with Gasteiger partial charge in [0.25, 0.3) is 11.5 Å². The highest BCUT2D eigenvalue weighted by atomic mass is 16.6. The zero-order valence-corrected chi connectivity index (χ0v) is 13.6. The van der Waals surface area contributed by atoms with Gasteiger partial charge < -0.3 is 9.47 Å². The summed E-state index contributed by atoms with van der Waals surface area (Å²) in [6, 6.07) is 12.1. The Morgan fingerprint density at radius 1 is 1.12 bits per heavy atom. The maximum atomic E-state index is 12.3. The molecule has 0 atom stereocenters. The molecule has 1 aliphatic rings. The molecule has 130 valence electrons. The predicted molar refractivity (Wildman–Crippen MR) is 94.9 cm³/mol. The van der Waals surface area contributed by atoms with Gasteiger partial charge in [0.15, 0.2) is 17.2 Å². The van der Waals surface area contributed by atoms with Gasteiger partial charge in [-0.25, -0.2) is 10.5 Å². The van der Waals surface area contributed by atoms with Crippen molar-refractivity contribution in [3.05, 3.63) is 64.1 Å². The first-order valence-corrected chi connectivity index (χ1v) is 7.93. The minimum atomic E-state index is -0.522. The van der Waals surface area contributed by atoms with E-state index in [0.717, 1.165) is 5.56 Å². The zero-order valence-electron chi connectivity index (χ0n) is 13.6. The van der Waals surface area contributed by atoms with Gasteiger partial charge in [-0.05, 0) is 29.8 Å². The lowest BCUT2D eigenvalue weighted by molar-refractivity contribution is 0.0951. The molecule has 2 aromatic carbocycles. The Bertz CT molecular complexity index is 1070. The van der Waals surface area contributed by atoms with Gasteiger partial charge in [-0.2, -0.15) is 10.2 Å². The number of hydrazone groups is 1. The molecule has 0 bridgehead atoms. The molecule has 0 unspecified atom stereocenters. The normalized spacial score (nSPS) is 13.1. The number of nitrogens with zero attached hydrogens (tertiary/aromatic N) is 2. The molecule has 0 saturated carbocycles. The van der Waals surface area contributed by atoms with Crippen LogP contribution < -0.4 is 20.5 Å². The Labute approximate surface area is 147 Å². The van der Waals surface area contributed by atoms with E-state index >= 15 is 0 Å². The molecular formula is C18H14N4O4. The first-order chi connectivity index (χ1) is 12.7. The SMILES string of the molecule is O=C(NN=Cc1ccc2c(c1)OCCO2)c1n[nH]c(=O)c2ccccc12. The second-order valence-electron chi connectivity index (χ2n) is 5.55. The average Bonchev–Trinajstić information content (AvgIpc) is 2.68. The van der Waals surface area contributed by atoms with Crippen LogP contribution >= 0.6 is 0 Å². The number of H-pyrrole nitrogens is 1. The quantitative estimate of drug-likeness (QED) is 0.549. The molecule has 1 aliphatic heterocycles. The molecule has 1 aromatic heterocycles. The molecule has 8 nitrogen and oxygen atoms in total. The molecule has 2 heterocycles. The number of amides is 1. The van der Waals surface area contributed by atoms with Crippen LogP contribution in [0.1, 0.15) is 16.1 Å². The van der Waals surface area contributed by atoms with E-state index < -0.39 is 5.91 Å². The van der Waals surface area contributed by atoms with E-state index in [1.165, 1.54) is 6.21 Å². The van der Waals surface area contributed by atoms with Crippen molar-refractivity contribution in [2.24, 2.45) is 5.10 Å². The topological polar surface area (TPSA) is 106 Å². The highest BCUT2D eigenvalue weighted by Crippen LogP contribution is 2.30. The van der Waals surface area contributed by atoms with E-state index in [9.17, 15) is 9.59 Å². The summed E-state index contributed by atoms with van der Waals surface area (Å²) in [5.74, 6) is 0.799. The Morgan fingerprint density at radius 3 is 2.73 bits per heavy atom. The number of benzene rings is 2. The number of carbonyl (C=O) groups excluding carboxylic acids is 1. The number of aromatic nitrogens is 2. The van der Waals surface area contributed by atoms with Gasteiger partial charge in [0.2, 0.25) is 0 Å². The summed E-state index contributed by atoms with van der Waals surface area (Å²) in [4.78, 5) is 24.1. The van der Waals surface area contributed by atoms with Crippen LogP contribution in [0.4, 0.5) is 0 Å². The second kappa shape index (κ2) is 6.67. The van der Waals surface area contributed by atoms with Crippen LogP contribution in [0.3, 0.4) is 0 Å². The van der Waals surface area contributed by atoms with E-state index in [4.69, 9.17) is 9.47 Å². The van der Waals surface area contributed by atoms with Crippen molar-refractivity contribution in [2.45, 2.75) is 0 Å². The number of ether oxygens (including phenoxy) is 2. The Morgan fingerprint density at radius 2 is 1.88 bits per heavy atom. The number of rotatable bonds is 3. The molecule has 3 aromatic rings. The average molecular weight is 350 g/mol. The third kappa shape index (κ3) is 3.00. The maximum Gasteiger partial charge on any atom is 0.292 e. The number of aromatic amines is 1. The summed E-state index contributed by atoms with van der Waals surface area (Å²) < 4.78 is 11.0. The molecule has 0 spiro atoms. The summed E-state index contributed by atoms with van der Waals surface area (Å²) in [6.07, 6.45) is 1.49. The molecule has 0 fully saturated rings. The van der Waals surface area contributed by atoms with Crippen LogP contribution in [-0.4, -0.2) is 35.5 Å². The Kier molecular flexibility index (Phi) is 4.06. The summed E-state index contributed by atoms with van der Waals surface area (Å²) in [5, 5.41) is 10.9. The summed E-state index contributed by atoms with van der Waals surface area (Å²) in [7, 11) is 0. The van der Waals surface area contributed by atoms with Gasteiger partial charge in [0, 0.05) is 5.39 Å². The van der Waals surface area contributed by atoms with Crippen LogP contribution in [0.5, 0.6) is 11.5 Å². The van der Waals surface area contributed by atoms with Crippen molar-refractivity contribution in [1.29, 1.82) is 0 Å². The van der Waals surface area contributed by atoms with Gasteiger partial charge in [-0.1, -0.05) is 18.2 Å². The summed E-state index contributed by atoms with van der Waals surface area (Å²) >= 11 is 0. The third-order valence-corrected chi connectivity index (χ3v) is 3.86. The molecular weight excluding hydrogens is 336 g/mol. The molecule has 1 amide bonds. The fourth-order valence-electron chi connectivity index (χ4n) is 2.65. The van der Waals surface area contributed by atoms with Gasteiger partial charge in [0.1, 0.15) is 13.2 Å². The molecule has 0 radical (unpaired) electrons. The Balaban J connectivity index is 1.53.